The highest BCUT2D eigenvalue weighted by Gasteiger charge is 2.15. The van der Waals surface area contributed by atoms with E-state index in [4.69, 9.17) is 0 Å². The first-order chi connectivity index (χ1) is 12.5. The van der Waals surface area contributed by atoms with Gasteiger partial charge < -0.3 is 5.32 Å². The van der Waals surface area contributed by atoms with Crippen molar-refractivity contribution in [1.29, 1.82) is 0 Å². The Bertz CT molecular complexity index is 868. The molecule has 0 aliphatic carbocycles. The first kappa shape index (κ1) is 18.3. The Balaban J connectivity index is 1.62. The summed E-state index contributed by atoms with van der Waals surface area (Å²) in [5.74, 6) is 0.487. The molecule has 1 amide bonds. The number of aryl methyl sites for hydroxylation is 1. The molecule has 0 saturated heterocycles. The summed E-state index contributed by atoms with van der Waals surface area (Å²) in [5, 5.41) is 8.28. The number of nitrogens with one attached hydrogen (secondary N) is 1. The zero-order chi connectivity index (χ0) is 18.5. The summed E-state index contributed by atoms with van der Waals surface area (Å²) in [4.78, 5) is 17.8. The second-order valence-electron chi connectivity index (χ2n) is 6.83. The number of rotatable bonds is 7. The zero-order valence-electron chi connectivity index (χ0n) is 15.4. The van der Waals surface area contributed by atoms with Gasteiger partial charge in [-0.3, -0.25) is 9.48 Å². The molecule has 5 nitrogen and oxygen atoms in total. The average molecular weight is 369 g/mol. The molecule has 136 valence electrons. The lowest BCUT2D eigenvalue weighted by Crippen LogP contribution is -2.22. The molecule has 3 aromatic rings. The minimum absolute atomic E-state index is 0.0486. The van der Waals surface area contributed by atoms with E-state index in [0.717, 1.165) is 34.8 Å². The number of amides is 1. The van der Waals surface area contributed by atoms with E-state index in [1.54, 1.807) is 6.20 Å². The number of benzene rings is 1. The molecule has 3 rings (SSSR count). The minimum Gasteiger partial charge on any atom is -0.347 e. The van der Waals surface area contributed by atoms with Crippen molar-refractivity contribution >= 4 is 17.2 Å². The summed E-state index contributed by atoms with van der Waals surface area (Å²) < 4.78 is 1.88. The van der Waals surface area contributed by atoms with Gasteiger partial charge in [0.05, 0.1) is 17.2 Å². The van der Waals surface area contributed by atoms with E-state index >= 15 is 0 Å². The van der Waals surface area contributed by atoms with Crippen molar-refractivity contribution in [3.05, 3.63) is 69.4 Å². The molecule has 0 aliphatic rings. The number of nitrogens with zero attached hydrogens (tertiary/aromatic N) is 3. The van der Waals surface area contributed by atoms with Crippen molar-refractivity contribution in [2.75, 3.05) is 0 Å². The smallest absolute Gasteiger partial charge is 0.263 e. The van der Waals surface area contributed by atoms with Gasteiger partial charge in [-0.15, -0.1) is 11.3 Å². The monoisotopic (exact) mass is 368 g/mol. The molecule has 1 N–H and O–H groups in total. The van der Waals surface area contributed by atoms with Crippen molar-refractivity contribution in [2.24, 2.45) is 5.92 Å². The van der Waals surface area contributed by atoms with Gasteiger partial charge in [-0.25, -0.2) is 4.98 Å². The topological polar surface area (TPSA) is 59.8 Å². The maximum atomic E-state index is 12.5. The van der Waals surface area contributed by atoms with Crippen molar-refractivity contribution in [2.45, 2.75) is 40.3 Å². The third-order valence-corrected chi connectivity index (χ3v) is 5.16. The molecule has 1 aromatic carbocycles. The van der Waals surface area contributed by atoms with Crippen LogP contribution in [0.2, 0.25) is 0 Å². The van der Waals surface area contributed by atoms with Crippen LogP contribution in [-0.2, 0) is 19.5 Å². The van der Waals surface area contributed by atoms with Gasteiger partial charge in [0, 0.05) is 25.4 Å². The van der Waals surface area contributed by atoms with Crippen LogP contribution in [0.4, 0.5) is 0 Å². The second-order valence-corrected chi connectivity index (χ2v) is 7.91. The normalized spacial score (nSPS) is 11.1. The molecule has 0 fully saturated rings. The molecule has 6 heteroatoms. The molecular weight excluding hydrogens is 344 g/mol. The summed E-state index contributed by atoms with van der Waals surface area (Å²) in [6.07, 6.45) is 4.62. The molecule has 0 unspecified atom stereocenters. The summed E-state index contributed by atoms with van der Waals surface area (Å²) >= 11 is 1.50. The van der Waals surface area contributed by atoms with Crippen molar-refractivity contribution in [1.82, 2.24) is 20.1 Å². The maximum absolute atomic E-state index is 12.5. The number of carbonyl (C=O) groups excluding carboxylic acids is 1. The van der Waals surface area contributed by atoms with Crippen LogP contribution in [0.25, 0.3) is 0 Å². The van der Waals surface area contributed by atoms with Gasteiger partial charge in [-0.05, 0) is 30.0 Å². The van der Waals surface area contributed by atoms with Gasteiger partial charge in [0.15, 0.2) is 0 Å². The van der Waals surface area contributed by atoms with Crippen LogP contribution < -0.4 is 5.32 Å². The van der Waals surface area contributed by atoms with Crippen LogP contribution in [-0.4, -0.2) is 20.7 Å². The van der Waals surface area contributed by atoms with E-state index < -0.39 is 0 Å². The Morgan fingerprint density at radius 1 is 1.27 bits per heavy atom. The molecular formula is C20H24N4OS. The minimum atomic E-state index is -0.0486. The van der Waals surface area contributed by atoms with Gasteiger partial charge in [0.2, 0.25) is 0 Å². The fraction of sp³-hybridized carbons (Fsp3) is 0.350. The van der Waals surface area contributed by atoms with Gasteiger partial charge >= 0.3 is 0 Å². The third-order valence-electron chi connectivity index (χ3n) is 3.98. The Labute approximate surface area is 158 Å². The molecule has 0 spiro atoms. The zero-order valence-corrected chi connectivity index (χ0v) is 16.2. The second kappa shape index (κ2) is 8.27. The van der Waals surface area contributed by atoms with Gasteiger partial charge in [-0.2, -0.15) is 5.10 Å². The van der Waals surface area contributed by atoms with Crippen molar-refractivity contribution in [3.8, 4) is 0 Å². The quantitative estimate of drug-likeness (QED) is 0.689. The lowest BCUT2D eigenvalue weighted by molar-refractivity contribution is 0.0954. The highest BCUT2D eigenvalue weighted by molar-refractivity contribution is 7.13. The molecule has 26 heavy (non-hydrogen) atoms. The molecule has 0 atom stereocenters. The largest absolute Gasteiger partial charge is 0.347 e. The fourth-order valence-electron chi connectivity index (χ4n) is 2.78. The summed E-state index contributed by atoms with van der Waals surface area (Å²) in [7, 11) is 0. The highest BCUT2D eigenvalue weighted by Crippen LogP contribution is 2.20. The van der Waals surface area contributed by atoms with Crippen molar-refractivity contribution < 1.29 is 4.79 Å². The Kier molecular flexibility index (Phi) is 5.83. The summed E-state index contributed by atoms with van der Waals surface area (Å²) in [6.45, 7) is 7.45. The van der Waals surface area contributed by atoms with Crippen LogP contribution >= 0.6 is 11.3 Å². The van der Waals surface area contributed by atoms with Crippen LogP contribution in [0.3, 0.4) is 0 Å². The predicted molar refractivity (Wildman–Crippen MR) is 104 cm³/mol. The average Bonchev–Trinajstić information content (AvgIpc) is 3.22. The highest BCUT2D eigenvalue weighted by atomic mass is 32.1. The molecule has 0 saturated carbocycles. The molecule has 0 aliphatic heterocycles. The molecule has 0 radical (unpaired) electrons. The predicted octanol–water partition coefficient (Wildman–Crippen LogP) is 3.82. The Hall–Kier alpha value is -2.47. The van der Waals surface area contributed by atoms with Crippen LogP contribution in [0.1, 0.15) is 45.3 Å². The van der Waals surface area contributed by atoms with Crippen molar-refractivity contribution in [3.63, 3.8) is 0 Å². The third kappa shape index (κ3) is 4.79. The number of hydrogen-bond acceptors (Lipinski definition) is 4. The maximum Gasteiger partial charge on any atom is 0.263 e. The first-order valence-corrected chi connectivity index (χ1v) is 9.62. The number of aromatic nitrogens is 3. The summed E-state index contributed by atoms with van der Waals surface area (Å²) in [5.41, 5.74) is 3.05. The van der Waals surface area contributed by atoms with Gasteiger partial charge in [-0.1, -0.05) is 38.1 Å². The van der Waals surface area contributed by atoms with Crippen LogP contribution in [0, 0.1) is 12.8 Å². The molecule has 2 aromatic heterocycles. The molecule has 0 bridgehead atoms. The van der Waals surface area contributed by atoms with Gasteiger partial charge in [0.1, 0.15) is 4.88 Å². The lowest BCUT2D eigenvalue weighted by Gasteiger charge is -2.07. The van der Waals surface area contributed by atoms with E-state index in [1.165, 1.54) is 11.3 Å². The van der Waals surface area contributed by atoms with Crippen LogP contribution in [0.5, 0.6) is 0 Å². The van der Waals surface area contributed by atoms with E-state index in [1.807, 2.05) is 36.0 Å². The van der Waals surface area contributed by atoms with E-state index in [9.17, 15) is 4.79 Å². The van der Waals surface area contributed by atoms with E-state index in [-0.39, 0.29) is 5.91 Å². The fourth-order valence-corrected chi connectivity index (χ4v) is 3.97. The molecule has 2 heterocycles. The van der Waals surface area contributed by atoms with Crippen LogP contribution in [0.15, 0.2) is 42.7 Å². The number of hydrogen-bond donors (Lipinski definition) is 1. The van der Waals surface area contributed by atoms with E-state index in [2.05, 4.69) is 41.4 Å². The number of carbonyl (C=O) groups is 1. The first-order valence-electron chi connectivity index (χ1n) is 8.81. The SMILES string of the molecule is Cc1nc(CC(C)C)sc1C(=O)NCc1cccc(Cn2cccn2)c1. The van der Waals surface area contributed by atoms with E-state index in [0.29, 0.717) is 17.3 Å². The Morgan fingerprint density at radius 3 is 2.81 bits per heavy atom. The summed E-state index contributed by atoms with van der Waals surface area (Å²) in [6, 6.07) is 10.1. The Morgan fingerprint density at radius 2 is 2.08 bits per heavy atom. The van der Waals surface area contributed by atoms with Gasteiger partial charge in [0.25, 0.3) is 5.91 Å². The number of thiazole rings is 1. The standard InChI is InChI=1S/C20H24N4OS/c1-14(2)10-18-23-15(3)19(26-18)20(25)21-12-16-6-4-7-17(11-16)13-24-9-5-8-22-24/h4-9,11,14H,10,12-13H2,1-3H3,(H,21,25). The lowest BCUT2D eigenvalue weighted by atomic mass is 10.1.